The number of aromatic amines is 1. The average Bonchev–Trinajstić information content (AvgIpc) is 2.29. The number of nitrogens with two attached hydrogens (primary N) is 2. The topological polar surface area (TPSA) is 102 Å². The Hall–Kier alpha value is -1.78. The number of primary amides is 2. The predicted molar refractivity (Wildman–Crippen MR) is 47.3 cm³/mol. The molecule has 0 bridgehead atoms. The van der Waals surface area contributed by atoms with Gasteiger partial charge in [0.1, 0.15) is 11.4 Å². The molecule has 1 rings (SSSR count). The van der Waals surface area contributed by atoms with Crippen LogP contribution in [0.2, 0.25) is 0 Å². The molecule has 0 unspecified atom stereocenters. The van der Waals surface area contributed by atoms with Crippen molar-refractivity contribution in [1.29, 1.82) is 0 Å². The van der Waals surface area contributed by atoms with Crippen molar-refractivity contribution in [3.8, 4) is 0 Å². The Balaban J connectivity index is 3.36. The highest BCUT2D eigenvalue weighted by atomic mass is 16.1. The number of hydrogen-bond acceptors (Lipinski definition) is 2. The van der Waals surface area contributed by atoms with Crippen molar-refractivity contribution in [2.75, 3.05) is 0 Å². The number of rotatable bonds is 2. The lowest BCUT2D eigenvalue weighted by Gasteiger charge is -1.91. The number of nitrogens with one attached hydrogen (secondary N) is 1. The van der Waals surface area contributed by atoms with E-state index in [0.717, 1.165) is 0 Å². The van der Waals surface area contributed by atoms with Crippen molar-refractivity contribution >= 4 is 11.8 Å². The monoisotopic (exact) mass is 181 g/mol. The number of H-pyrrole nitrogens is 1. The van der Waals surface area contributed by atoms with Crippen LogP contribution in [0.25, 0.3) is 0 Å². The first kappa shape index (κ1) is 9.31. The zero-order valence-electron chi connectivity index (χ0n) is 7.47. The summed E-state index contributed by atoms with van der Waals surface area (Å²) in [5.41, 5.74) is 12.0. The van der Waals surface area contributed by atoms with Gasteiger partial charge in [-0.25, -0.2) is 0 Å². The van der Waals surface area contributed by atoms with Crippen molar-refractivity contribution in [3.05, 3.63) is 22.5 Å². The molecule has 0 aromatic carbocycles. The van der Waals surface area contributed by atoms with Crippen LogP contribution in [0.4, 0.5) is 0 Å². The first-order valence-electron chi connectivity index (χ1n) is 3.74. The molecule has 2 amide bonds. The number of carbonyl (C=O) groups excluding carboxylic acids is 2. The lowest BCUT2D eigenvalue weighted by molar-refractivity contribution is 0.0995. The molecular weight excluding hydrogens is 170 g/mol. The normalized spacial score (nSPS) is 10.0. The Labute approximate surface area is 75.1 Å². The first-order valence-corrected chi connectivity index (χ1v) is 3.74. The molecule has 70 valence electrons. The van der Waals surface area contributed by atoms with Gasteiger partial charge >= 0.3 is 0 Å². The molecule has 1 heterocycles. The number of carbonyl (C=O) groups is 2. The molecule has 5 nitrogen and oxygen atoms in total. The molecule has 5 N–H and O–H groups in total. The zero-order valence-corrected chi connectivity index (χ0v) is 7.47. The maximum atomic E-state index is 10.8. The molecule has 0 aliphatic carbocycles. The minimum atomic E-state index is -0.590. The van der Waals surface area contributed by atoms with Crippen molar-refractivity contribution < 1.29 is 9.59 Å². The summed E-state index contributed by atoms with van der Waals surface area (Å²) in [4.78, 5) is 24.3. The first-order chi connectivity index (χ1) is 5.95. The van der Waals surface area contributed by atoms with Crippen LogP contribution in [0.15, 0.2) is 0 Å². The van der Waals surface area contributed by atoms with Crippen molar-refractivity contribution in [2.24, 2.45) is 11.5 Å². The van der Waals surface area contributed by atoms with Gasteiger partial charge in [0.2, 0.25) is 0 Å². The van der Waals surface area contributed by atoms with E-state index < -0.39 is 11.8 Å². The van der Waals surface area contributed by atoms with Crippen molar-refractivity contribution in [3.63, 3.8) is 0 Å². The van der Waals surface area contributed by atoms with Gasteiger partial charge in [0, 0.05) is 0 Å². The molecule has 0 spiro atoms. The SMILES string of the molecule is Cc1c(C(N)=O)[nH]c(C(N)=O)c1C. The smallest absolute Gasteiger partial charge is 0.265 e. The van der Waals surface area contributed by atoms with Gasteiger partial charge in [-0.05, 0) is 25.0 Å². The Kier molecular flexibility index (Phi) is 2.10. The minimum Gasteiger partial charge on any atom is -0.364 e. The standard InChI is InChI=1S/C8H11N3O2/c1-3-4(2)6(8(10)13)11-5(3)7(9)12/h11H,1-2H3,(H2,9,12)(H2,10,13). The highest BCUT2D eigenvalue weighted by Crippen LogP contribution is 2.15. The Bertz CT molecular complexity index is 344. The second-order valence-corrected chi connectivity index (χ2v) is 2.85. The molecule has 0 aliphatic heterocycles. The minimum absolute atomic E-state index is 0.242. The van der Waals surface area contributed by atoms with Gasteiger partial charge in [-0.15, -0.1) is 0 Å². The van der Waals surface area contributed by atoms with E-state index in [-0.39, 0.29) is 11.4 Å². The van der Waals surface area contributed by atoms with E-state index in [0.29, 0.717) is 11.1 Å². The summed E-state index contributed by atoms with van der Waals surface area (Å²) < 4.78 is 0. The Morgan fingerprint density at radius 3 is 1.46 bits per heavy atom. The summed E-state index contributed by atoms with van der Waals surface area (Å²) in [5.74, 6) is -1.18. The van der Waals surface area contributed by atoms with E-state index in [4.69, 9.17) is 11.5 Å². The van der Waals surface area contributed by atoms with Gasteiger partial charge < -0.3 is 16.5 Å². The van der Waals surface area contributed by atoms with Crippen LogP contribution >= 0.6 is 0 Å². The van der Waals surface area contributed by atoms with E-state index in [1.54, 1.807) is 13.8 Å². The molecule has 1 aromatic heterocycles. The second-order valence-electron chi connectivity index (χ2n) is 2.85. The second kappa shape index (κ2) is 2.93. The highest BCUT2D eigenvalue weighted by molar-refractivity contribution is 5.98. The van der Waals surface area contributed by atoms with Crippen LogP contribution in [0.5, 0.6) is 0 Å². The molecule has 13 heavy (non-hydrogen) atoms. The summed E-state index contributed by atoms with van der Waals surface area (Å²) >= 11 is 0. The summed E-state index contributed by atoms with van der Waals surface area (Å²) in [6.45, 7) is 3.41. The summed E-state index contributed by atoms with van der Waals surface area (Å²) in [7, 11) is 0. The van der Waals surface area contributed by atoms with E-state index in [1.165, 1.54) is 0 Å². The van der Waals surface area contributed by atoms with Crippen LogP contribution in [0.1, 0.15) is 32.1 Å². The molecule has 1 aromatic rings. The maximum absolute atomic E-state index is 10.8. The maximum Gasteiger partial charge on any atom is 0.265 e. The zero-order chi connectivity index (χ0) is 10.2. The van der Waals surface area contributed by atoms with Gasteiger partial charge in [-0.2, -0.15) is 0 Å². The van der Waals surface area contributed by atoms with Crippen LogP contribution < -0.4 is 11.5 Å². The van der Waals surface area contributed by atoms with E-state index in [9.17, 15) is 9.59 Å². The third kappa shape index (κ3) is 1.40. The van der Waals surface area contributed by atoms with E-state index >= 15 is 0 Å². The van der Waals surface area contributed by atoms with Crippen LogP contribution in [0, 0.1) is 13.8 Å². The Morgan fingerprint density at radius 1 is 1.00 bits per heavy atom. The fraction of sp³-hybridized carbons (Fsp3) is 0.250. The number of amides is 2. The van der Waals surface area contributed by atoms with Gasteiger partial charge in [-0.3, -0.25) is 9.59 Å². The third-order valence-electron chi connectivity index (χ3n) is 2.06. The number of aromatic nitrogens is 1. The average molecular weight is 181 g/mol. The highest BCUT2D eigenvalue weighted by Gasteiger charge is 2.16. The molecule has 0 saturated carbocycles. The fourth-order valence-electron chi connectivity index (χ4n) is 1.18. The van der Waals surface area contributed by atoms with Crippen LogP contribution in [0.3, 0.4) is 0 Å². The van der Waals surface area contributed by atoms with E-state index in [2.05, 4.69) is 4.98 Å². The van der Waals surface area contributed by atoms with E-state index in [1.807, 2.05) is 0 Å². The molecule has 0 fully saturated rings. The molecule has 0 saturated heterocycles. The molecule has 0 atom stereocenters. The van der Waals surface area contributed by atoms with Gasteiger partial charge in [-0.1, -0.05) is 0 Å². The largest absolute Gasteiger partial charge is 0.364 e. The quantitative estimate of drug-likeness (QED) is 0.589. The van der Waals surface area contributed by atoms with Gasteiger partial charge in [0.05, 0.1) is 0 Å². The van der Waals surface area contributed by atoms with Crippen molar-refractivity contribution in [1.82, 2.24) is 4.98 Å². The number of hydrogen-bond donors (Lipinski definition) is 3. The van der Waals surface area contributed by atoms with Gasteiger partial charge in [0.25, 0.3) is 11.8 Å². The van der Waals surface area contributed by atoms with Crippen LogP contribution in [-0.2, 0) is 0 Å². The summed E-state index contributed by atoms with van der Waals surface area (Å²) in [6.07, 6.45) is 0. The van der Waals surface area contributed by atoms with Crippen LogP contribution in [-0.4, -0.2) is 16.8 Å². The molecular formula is C8H11N3O2. The third-order valence-corrected chi connectivity index (χ3v) is 2.06. The lowest BCUT2D eigenvalue weighted by atomic mass is 10.1. The predicted octanol–water partition coefficient (Wildman–Crippen LogP) is -0.171. The lowest BCUT2D eigenvalue weighted by Crippen LogP contribution is -2.15. The van der Waals surface area contributed by atoms with Gasteiger partial charge in [0.15, 0.2) is 0 Å². The Morgan fingerprint density at radius 2 is 1.31 bits per heavy atom. The summed E-state index contributed by atoms with van der Waals surface area (Å²) in [5, 5.41) is 0. The summed E-state index contributed by atoms with van der Waals surface area (Å²) in [6, 6.07) is 0. The molecule has 5 heteroatoms. The molecule has 0 aliphatic rings. The molecule has 0 radical (unpaired) electrons. The van der Waals surface area contributed by atoms with Crippen molar-refractivity contribution in [2.45, 2.75) is 13.8 Å². The fourth-order valence-corrected chi connectivity index (χ4v) is 1.18.